The summed E-state index contributed by atoms with van der Waals surface area (Å²) in [6.07, 6.45) is 3.69. The fraction of sp³-hybridized carbons (Fsp3) is 0.423. The second-order valence-corrected chi connectivity index (χ2v) is 8.88. The van der Waals surface area contributed by atoms with E-state index in [1.54, 1.807) is 4.57 Å². The van der Waals surface area contributed by atoms with Crippen LogP contribution in [0.3, 0.4) is 0 Å². The molecule has 0 atom stereocenters. The molecular weight excluding hydrogens is 414 g/mol. The van der Waals surface area contributed by atoms with Crippen molar-refractivity contribution in [2.75, 3.05) is 49.1 Å². The highest BCUT2D eigenvalue weighted by Crippen LogP contribution is 2.19. The molecule has 3 aromatic rings. The topological polar surface area (TPSA) is 61.7 Å². The summed E-state index contributed by atoms with van der Waals surface area (Å²) in [5.74, 6) is 0.632. The van der Waals surface area contributed by atoms with Crippen molar-refractivity contribution in [3.05, 3.63) is 65.0 Å². The molecule has 7 nitrogen and oxygen atoms in total. The van der Waals surface area contributed by atoms with Crippen molar-refractivity contribution < 1.29 is 4.79 Å². The molecule has 2 aliphatic heterocycles. The van der Waals surface area contributed by atoms with Gasteiger partial charge in [-0.1, -0.05) is 30.3 Å². The van der Waals surface area contributed by atoms with Gasteiger partial charge in [-0.3, -0.25) is 9.59 Å². The minimum atomic E-state index is -0.0858. The first-order chi connectivity index (χ1) is 16.2. The zero-order valence-corrected chi connectivity index (χ0v) is 19.0. The number of aryl methyl sites for hydroxylation is 1. The first-order valence-corrected chi connectivity index (χ1v) is 12.0. The molecule has 0 spiro atoms. The third-order valence-electron chi connectivity index (χ3n) is 6.79. The third kappa shape index (κ3) is 4.58. The molecule has 7 heteroatoms. The van der Waals surface area contributed by atoms with Crippen LogP contribution >= 0.6 is 0 Å². The minimum absolute atomic E-state index is 0.0858. The Morgan fingerprint density at radius 3 is 2.24 bits per heavy atom. The number of hydrogen-bond acceptors (Lipinski definition) is 5. The normalized spacial score (nSPS) is 16.9. The van der Waals surface area contributed by atoms with Crippen LogP contribution in [0.5, 0.6) is 0 Å². The first kappa shape index (κ1) is 21.5. The number of benzene rings is 2. The molecule has 0 unspecified atom stereocenters. The summed E-state index contributed by atoms with van der Waals surface area (Å²) in [5, 5.41) is 0. The summed E-state index contributed by atoms with van der Waals surface area (Å²) in [6, 6.07) is 18.1. The van der Waals surface area contributed by atoms with Crippen molar-refractivity contribution in [3.63, 3.8) is 0 Å². The van der Waals surface area contributed by atoms with E-state index in [9.17, 15) is 9.59 Å². The van der Waals surface area contributed by atoms with Crippen LogP contribution in [0.1, 0.15) is 25.7 Å². The summed E-state index contributed by atoms with van der Waals surface area (Å²) in [5.41, 5.74) is 2.72. The molecule has 2 aromatic carbocycles. The van der Waals surface area contributed by atoms with Gasteiger partial charge in [-0.05, 0) is 43.5 Å². The standard InChI is InChI=1S/C26H31N5O2/c32-24(29-19-17-28(18-20-29)21-9-3-1-4-10-21)13-16-31-23-12-6-5-11-22(23)27-25(26(31)33)30-14-7-2-8-15-30/h1,3-6,9-12H,2,7-8,13-20H2. The highest BCUT2D eigenvalue weighted by Gasteiger charge is 2.23. The fourth-order valence-electron chi connectivity index (χ4n) is 4.93. The van der Waals surface area contributed by atoms with Crippen LogP contribution in [0.2, 0.25) is 0 Å². The maximum Gasteiger partial charge on any atom is 0.294 e. The first-order valence-electron chi connectivity index (χ1n) is 12.0. The van der Waals surface area contributed by atoms with Gasteiger partial charge in [0.1, 0.15) is 0 Å². The van der Waals surface area contributed by atoms with Gasteiger partial charge in [0.05, 0.1) is 11.0 Å². The van der Waals surface area contributed by atoms with Crippen molar-refractivity contribution in [2.45, 2.75) is 32.2 Å². The van der Waals surface area contributed by atoms with Crippen molar-refractivity contribution in [1.29, 1.82) is 0 Å². The van der Waals surface area contributed by atoms with Gasteiger partial charge in [0, 0.05) is 57.9 Å². The molecule has 0 saturated carbocycles. The summed E-state index contributed by atoms with van der Waals surface area (Å²) in [4.78, 5) is 37.5. The minimum Gasteiger partial charge on any atom is -0.368 e. The van der Waals surface area contributed by atoms with E-state index in [0.29, 0.717) is 31.9 Å². The van der Waals surface area contributed by atoms with E-state index in [-0.39, 0.29) is 11.5 Å². The molecular formula is C26H31N5O2. The molecule has 0 aliphatic carbocycles. The Bertz CT molecular complexity index is 1160. The monoisotopic (exact) mass is 445 g/mol. The molecule has 0 bridgehead atoms. The summed E-state index contributed by atoms with van der Waals surface area (Å²) >= 11 is 0. The SMILES string of the molecule is O=C(CCn1c(=O)c(N2CCCCC2)nc2ccccc21)N1CCN(c2ccccc2)CC1. The van der Waals surface area contributed by atoms with Gasteiger partial charge in [0.15, 0.2) is 5.82 Å². The van der Waals surface area contributed by atoms with Crippen LogP contribution in [0, 0.1) is 0 Å². The van der Waals surface area contributed by atoms with Gasteiger partial charge in [-0.25, -0.2) is 4.98 Å². The van der Waals surface area contributed by atoms with Crippen LogP contribution in [0.15, 0.2) is 59.4 Å². The second kappa shape index (κ2) is 9.65. The van der Waals surface area contributed by atoms with Crippen LogP contribution in [-0.2, 0) is 11.3 Å². The lowest BCUT2D eigenvalue weighted by molar-refractivity contribution is -0.131. The maximum absolute atomic E-state index is 13.4. The smallest absolute Gasteiger partial charge is 0.294 e. The molecule has 1 amide bonds. The number of anilines is 2. The maximum atomic E-state index is 13.4. The second-order valence-electron chi connectivity index (χ2n) is 8.88. The predicted molar refractivity (Wildman–Crippen MR) is 132 cm³/mol. The molecule has 5 rings (SSSR count). The third-order valence-corrected chi connectivity index (χ3v) is 6.79. The average Bonchev–Trinajstić information content (AvgIpc) is 2.89. The number of nitrogens with zero attached hydrogens (tertiary/aromatic N) is 5. The molecule has 33 heavy (non-hydrogen) atoms. The van der Waals surface area contributed by atoms with Crippen LogP contribution in [0.4, 0.5) is 11.5 Å². The van der Waals surface area contributed by atoms with E-state index >= 15 is 0 Å². The largest absolute Gasteiger partial charge is 0.368 e. The van der Waals surface area contributed by atoms with E-state index in [2.05, 4.69) is 21.9 Å². The van der Waals surface area contributed by atoms with Gasteiger partial charge >= 0.3 is 0 Å². The van der Waals surface area contributed by atoms with Crippen molar-refractivity contribution in [1.82, 2.24) is 14.5 Å². The van der Waals surface area contributed by atoms with E-state index in [1.165, 1.54) is 12.1 Å². The number of carbonyl (C=O) groups is 1. The Hall–Kier alpha value is -3.35. The molecule has 3 heterocycles. The predicted octanol–water partition coefficient (Wildman–Crippen LogP) is 3.13. The van der Waals surface area contributed by atoms with Gasteiger partial charge in [-0.2, -0.15) is 0 Å². The summed E-state index contributed by atoms with van der Waals surface area (Å²) in [7, 11) is 0. The molecule has 2 saturated heterocycles. The quantitative estimate of drug-likeness (QED) is 0.604. The summed E-state index contributed by atoms with van der Waals surface area (Å²) < 4.78 is 1.75. The van der Waals surface area contributed by atoms with Crippen LogP contribution < -0.4 is 15.4 Å². The highest BCUT2D eigenvalue weighted by molar-refractivity contribution is 5.78. The number of hydrogen-bond donors (Lipinski definition) is 0. The van der Waals surface area contributed by atoms with Crippen LogP contribution in [-0.4, -0.2) is 59.6 Å². The number of fused-ring (bicyclic) bond motifs is 1. The Kier molecular flexibility index (Phi) is 6.28. The van der Waals surface area contributed by atoms with Crippen molar-refractivity contribution in [2.24, 2.45) is 0 Å². The van der Waals surface area contributed by atoms with Gasteiger partial charge in [0.25, 0.3) is 5.56 Å². The molecule has 172 valence electrons. The number of rotatable bonds is 5. The lowest BCUT2D eigenvalue weighted by atomic mass is 10.1. The van der Waals surface area contributed by atoms with Crippen molar-refractivity contribution in [3.8, 4) is 0 Å². The summed E-state index contributed by atoms with van der Waals surface area (Å²) in [6.45, 7) is 5.17. The molecule has 0 radical (unpaired) electrons. The molecule has 2 fully saturated rings. The Labute approximate surface area is 194 Å². The zero-order chi connectivity index (χ0) is 22.6. The number of carbonyl (C=O) groups excluding carboxylic acids is 1. The van der Waals surface area contributed by atoms with E-state index in [0.717, 1.165) is 50.1 Å². The number of aromatic nitrogens is 2. The molecule has 1 aromatic heterocycles. The van der Waals surface area contributed by atoms with E-state index in [4.69, 9.17) is 4.98 Å². The molecule has 0 N–H and O–H groups in total. The lowest BCUT2D eigenvalue weighted by Crippen LogP contribution is -2.49. The van der Waals surface area contributed by atoms with Gasteiger partial charge in [0.2, 0.25) is 5.91 Å². The van der Waals surface area contributed by atoms with Gasteiger partial charge < -0.3 is 19.3 Å². The Morgan fingerprint density at radius 2 is 1.48 bits per heavy atom. The number of amides is 1. The highest BCUT2D eigenvalue weighted by atomic mass is 16.2. The van der Waals surface area contributed by atoms with E-state index in [1.807, 2.05) is 47.4 Å². The number of piperidine rings is 1. The average molecular weight is 446 g/mol. The Balaban J connectivity index is 1.29. The number of piperazine rings is 1. The zero-order valence-electron chi connectivity index (χ0n) is 19.0. The lowest BCUT2D eigenvalue weighted by Gasteiger charge is -2.36. The van der Waals surface area contributed by atoms with Crippen LogP contribution in [0.25, 0.3) is 11.0 Å². The van der Waals surface area contributed by atoms with Gasteiger partial charge in [-0.15, -0.1) is 0 Å². The molecule has 2 aliphatic rings. The Morgan fingerprint density at radius 1 is 0.788 bits per heavy atom. The fourth-order valence-corrected chi connectivity index (χ4v) is 4.93. The van der Waals surface area contributed by atoms with Crippen molar-refractivity contribution >= 4 is 28.4 Å². The van der Waals surface area contributed by atoms with E-state index < -0.39 is 0 Å². The number of para-hydroxylation sites is 3.